The number of furan rings is 1. The van der Waals surface area contributed by atoms with Gasteiger partial charge in [0.05, 0.1) is 6.26 Å². The normalized spacial score (nSPS) is 16.0. The molecule has 4 aromatic rings. The van der Waals surface area contributed by atoms with Crippen molar-refractivity contribution < 1.29 is 14.0 Å². The number of ketones is 1. The molecule has 1 N–H and O–H groups in total. The number of unbranched alkanes of at least 4 members (excludes halogenated alkanes) is 1. The van der Waals surface area contributed by atoms with Crippen molar-refractivity contribution in [3.05, 3.63) is 124 Å². The fourth-order valence-electron chi connectivity index (χ4n) is 6.36. The lowest BCUT2D eigenvalue weighted by Crippen LogP contribution is -2.28. The quantitative estimate of drug-likeness (QED) is 0.182. The number of Topliss-reactive ketones (excluding diaryl/α,β-unsaturated/α-hetero) is 1. The van der Waals surface area contributed by atoms with Crippen molar-refractivity contribution in [2.45, 2.75) is 77.7 Å². The van der Waals surface area contributed by atoms with Crippen LogP contribution < -0.4 is 10.2 Å². The highest BCUT2D eigenvalue weighted by molar-refractivity contribution is 6.00. The summed E-state index contributed by atoms with van der Waals surface area (Å²) in [5, 5.41) is 3.10. The van der Waals surface area contributed by atoms with Gasteiger partial charge < -0.3 is 14.6 Å². The van der Waals surface area contributed by atoms with Crippen LogP contribution >= 0.6 is 0 Å². The maximum Gasteiger partial charge on any atom is 0.251 e. The fourth-order valence-corrected chi connectivity index (χ4v) is 6.36. The zero-order valence-corrected chi connectivity index (χ0v) is 25.8. The van der Waals surface area contributed by atoms with Crippen molar-refractivity contribution >= 4 is 17.4 Å². The molecular weight excluding hydrogens is 532 g/mol. The highest BCUT2D eigenvalue weighted by atomic mass is 16.3. The number of aryl methyl sites for hydroxylation is 2. The van der Waals surface area contributed by atoms with Crippen molar-refractivity contribution in [1.82, 2.24) is 5.32 Å². The lowest BCUT2D eigenvalue weighted by Gasteiger charge is -2.28. The van der Waals surface area contributed by atoms with Crippen LogP contribution in [0.2, 0.25) is 0 Å². The minimum atomic E-state index is -0.459. The van der Waals surface area contributed by atoms with E-state index in [1.807, 2.05) is 25.1 Å². The summed E-state index contributed by atoms with van der Waals surface area (Å²) in [5.41, 5.74) is 7.63. The van der Waals surface area contributed by atoms with Crippen molar-refractivity contribution in [2.75, 3.05) is 18.0 Å². The topological polar surface area (TPSA) is 62.6 Å². The molecule has 0 spiro atoms. The highest BCUT2D eigenvalue weighted by Gasteiger charge is 2.27. The molecule has 0 aliphatic carbocycles. The van der Waals surface area contributed by atoms with E-state index in [0.29, 0.717) is 23.8 Å². The summed E-state index contributed by atoms with van der Waals surface area (Å²) in [7, 11) is 0. The zero-order chi connectivity index (χ0) is 30.2. The molecule has 2 heterocycles. The highest BCUT2D eigenvalue weighted by Crippen LogP contribution is 2.36. The smallest absolute Gasteiger partial charge is 0.251 e. The van der Waals surface area contributed by atoms with Gasteiger partial charge in [-0.25, -0.2) is 0 Å². The van der Waals surface area contributed by atoms with E-state index in [1.54, 1.807) is 12.1 Å². The second-order valence-electron chi connectivity index (χ2n) is 11.9. The molecule has 2 atom stereocenters. The van der Waals surface area contributed by atoms with E-state index in [0.717, 1.165) is 68.4 Å². The minimum Gasteiger partial charge on any atom is -0.461 e. The van der Waals surface area contributed by atoms with Crippen LogP contribution in [0.15, 0.2) is 89.5 Å². The molecule has 3 aromatic carbocycles. The number of hydrogen-bond acceptors (Lipinski definition) is 4. The lowest BCUT2D eigenvalue weighted by atomic mass is 9.89. The molecule has 0 bridgehead atoms. The monoisotopic (exact) mass is 576 g/mol. The van der Waals surface area contributed by atoms with E-state index >= 15 is 0 Å². The summed E-state index contributed by atoms with van der Waals surface area (Å²) >= 11 is 0. The second kappa shape index (κ2) is 14.4. The van der Waals surface area contributed by atoms with Crippen LogP contribution in [0.25, 0.3) is 0 Å². The first-order chi connectivity index (χ1) is 20.9. The van der Waals surface area contributed by atoms with Crippen LogP contribution in [0.1, 0.15) is 107 Å². The Morgan fingerprint density at radius 3 is 2.58 bits per heavy atom. The predicted octanol–water partition coefficient (Wildman–Crippen LogP) is 8.62. The molecule has 0 radical (unpaired) electrons. The number of benzene rings is 3. The van der Waals surface area contributed by atoms with Crippen LogP contribution in [0.4, 0.5) is 5.69 Å². The van der Waals surface area contributed by atoms with Gasteiger partial charge in [0.15, 0.2) is 5.76 Å². The molecule has 5 heteroatoms. The van der Waals surface area contributed by atoms with Crippen molar-refractivity contribution in [2.24, 2.45) is 0 Å². The van der Waals surface area contributed by atoms with Crippen LogP contribution in [-0.2, 0) is 13.0 Å². The van der Waals surface area contributed by atoms with Crippen LogP contribution in [0.3, 0.4) is 0 Å². The summed E-state index contributed by atoms with van der Waals surface area (Å²) in [6.07, 6.45) is 8.14. The Hall–Kier alpha value is -4.12. The van der Waals surface area contributed by atoms with Crippen LogP contribution in [-0.4, -0.2) is 24.8 Å². The molecule has 0 saturated carbocycles. The summed E-state index contributed by atoms with van der Waals surface area (Å²) < 4.78 is 5.47. The van der Waals surface area contributed by atoms with Crippen LogP contribution in [0.5, 0.6) is 0 Å². The average molecular weight is 577 g/mol. The zero-order valence-electron chi connectivity index (χ0n) is 25.8. The van der Waals surface area contributed by atoms with Gasteiger partial charge in [0.25, 0.3) is 5.91 Å². The summed E-state index contributed by atoms with van der Waals surface area (Å²) in [6.45, 7) is 8.58. The first-order valence-corrected chi connectivity index (χ1v) is 15.8. The number of nitrogens with one attached hydrogen (secondary N) is 1. The Kier molecular flexibility index (Phi) is 10.1. The number of anilines is 1. The van der Waals surface area contributed by atoms with Gasteiger partial charge in [0, 0.05) is 36.8 Å². The first-order valence-electron chi connectivity index (χ1n) is 15.8. The van der Waals surface area contributed by atoms with E-state index in [9.17, 15) is 9.59 Å². The average Bonchev–Trinajstić information content (AvgIpc) is 3.47. The van der Waals surface area contributed by atoms with E-state index in [2.05, 4.69) is 72.6 Å². The number of amides is 1. The van der Waals surface area contributed by atoms with Crippen LogP contribution in [0, 0.1) is 6.92 Å². The molecule has 5 rings (SSSR count). The third kappa shape index (κ3) is 7.45. The molecule has 1 aliphatic heterocycles. The summed E-state index contributed by atoms with van der Waals surface area (Å²) in [4.78, 5) is 29.3. The Morgan fingerprint density at radius 1 is 0.953 bits per heavy atom. The van der Waals surface area contributed by atoms with Gasteiger partial charge >= 0.3 is 0 Å². The first kappa shape index (κ1) is 30.3. The Labute approximate surface area is 256 Å². The van der Waals surface area contributed by atoms with Crippen molar-refractivity contribution in [1.29, 1.82) is 0 Å². The molecule has 1 aliphatic rings. The van der Waals surface area contributed by atoms with E-state index in [4.69, 9.17) is 4.42 Å². The molecule has 43 heavy (non-hydrogen) atoms. The number of rotatable bonds is 11. The molecule has 1 fully saturated rings. The third-order valence-electron chi connectivity index (χ3n) is 8.87. The lowest BCUT2D eigenvalue weighted by molar-refractivity contribution is 0.0931. The number of nitrogens with zero attached hydrogens (tertiary/aromatic N) is 1. The maximum atomic E-state index is 13.5. The van der Waals surface area contributed by atoms with E-state index in [-0.39, 0.29) is 11.7 Å². The Balaban J connectivity index is 1.37. The Bertz CT molecular complexity index is 1520. The van der Waals surface area contributed by atoms with Crippen molar-refractivity contribution in [3.63, 3.8) is 0 Å². The summed E-state index contributed by atoms with van der Waals surface area (Å²) in [6, 6.07) is 26.5. The van der Waals surface area contributed by atoms with Gasteiger partial charge in [-0.2, -0.15) is 0 Å². The summed E-state index contributed by atoms with van der Waals surface area (Å²) in [5.74, 6) is 0.175. The molecular formula is C38H44N2O3. The Morgan fingerprint density at radius 2 is 1.79 bits per heavy atom. The molecule has 1 saturated heterocycles. The molecule has 5 nitrogen and oxygen atoms in total. The van der Waals surface area contributed by atoms with Gasteiger partial charge in [-0.05, 0) is 103 Å². The number of hydrogen-bond donors (Lipinski definition) is 1. The van der Waals surface area contributed by atoms with Gasteiger partial charge in [-0.15, -0.1) is 0 Å². The molecule has 2 unspecified atom stereocenters. The van der Waals surface area contributed by atoms with Crippen molar-refractivity contribution in [3.8, 4) is 0 Å². The third-order valence-corrected chi connectivity index (χ3v) is 8.87. The fraction of sp³-hybridized carbons (Fsp3) is 0.368. The number of carbonyl (C=O) groups excluding carboxylic acids is 2. The van der Waals surface area contributed by atoms with E-state index < -0.39 is 5.92 Å². The predicted molar refractivity (Wildman–Crippen MR) is 174 cm³/mol. The van der Waals surface area contributed by atoms with Gasteiger partial charge in [0.1, 0.15) is 0 Å². The van der Waals surface area contributed by atoms with E-state index in [1.165, 1.54) is 23.0 Å². The van der Waals surface area contributed by atoms with Gasteiger partial charge in [-0.1, -0.05) is 68.8 Å². The SMILES string of the molecule is CCCCc1cccc(CNC(=O)c2ccc(N3CCCC(c4ccccc4C)CC3)c(C(C)C(=O)c3ccco3)c2)c1. The maximum absolute atomic E-state index is 13.5. The largest absolute Gasteiger partial charge is 0.461 e. The second-order valence-corrected chi connectivity index (χ2v) is 11.9. The molecule has 224 valence electrons. The molecule has 1 amide bonds. The van der Waals surface area contributed by atoms with Gasteiger partial charge in [-0.3, -0.25) is 9.59 Å². The number of carbonyl (C=O) groups is 2. The standard InChI is InChI=1S/C38H44N2O3/c1-4-5-12-29-13-8-14-30(24-29)26-39-38(42)32-18-19-35(34(25-32)28(3)37(41)36-17-10-23-43-36)40-21-9-15-31(20-22-40)33-16-7-6-11-27(33)2/h6-8,10-11,13-14,16-19,23-25,28,31H,4-5,9,12,15,20-22,26H2,1-3H3,(H,39,42). The molecule has 1 aromatic heterocycles. The van der Waals surface area contributed by atoms with Gasteiger partial charge in [0.2, 0.25) is 5.78 Å². The minimum absolute atomic E-state index is 0.0830.